The Morgan fingerprint density at radius 2 is 2.19 bits per heavy atom. The minimum atomic E-state index is -0.397. The molecule has 0 spiro atoms. The lowest BCUT2D eigenvalue weighted by atomic mass is 9.80. The fourth-order valence-electron chi connectivity index (χ4n) is 2.57. The highest BCUT2D eigenvalue weighted by atomic mass is 16.5. The summed E-state index contributed by atoms with van der Waals surface area (Å²) in [6.45, 7) is 6.06. The summed E-state index contributed by atoms with van der Waals surface area (Å²) in [5.74, 6) is 0.594. The number of hydrogen-bond acceptors (Lipinski definition) is 3. The largest absolute Gasteiger partial charge is 0.389 e. The van der Waals surface area contributed by atoms with Crippen molar-refractivity contribution in [1.82, 2.24) is 5.32 Å². The maximum atomic E-state index is 10.0. The summed E-state index contributed by atoms with van der Waals surface area (Å²) in [5.41, 5.74) is -0.397. The van der Waals surface area contributed by atoms with Gasteiger partial charge in [-0.1, -0.05) is 13.8 Å². The zero-order valence-corrected chi connectivity index (χ0v) is 10.5. The monoisotopic (exact) mass is 227 g/mol. The van der Waals surface area contributed by atoms with Gasteiger partial charge in [-0.2, -0.15) is 0 Å². The summed E-state index contributed by atoms with van der Waals surface area (Å²) in [6.07, 6.45) is 5.68. The van der Waals surface area contributed by atoms with Gasteiger partial charge >= 0.3 is 0 Å². The molecule has 1 heterocycles. The molecule has 2 rings (SSSR count). The van der Waals surface area contributed by atoms with Crippen molar-refractivity contribution < 1.29 is 9.84 Å². The van der Waals surface area contributed by atoms with Gasteiger partial charge in [-0.3, -0.25) is 0 Å². The highest BCUT2D eigenvalue weighted by Gasteiger charge is 2.35. The zero-order valence-electron chi connectivity index (χ0n) is 10.5. The molecule has 1 aliphatic heterocycles. The minimum Gasteiger partial charge on any atom is -0.389 e. The van der Waals surface area contributed by atoms with Gasteiger partial charge in [-0.25, -0.2) is 0 Å². The predicted octanol–water partition coefficient (Wildman–Crippen LogP) is 1.69. The van der Waals surface area contributed by atoms with Crippen LogP contribution in [0.4, 0.5) is 0 Å². The quantitative estimate of drug-likeness (QED) is 0.768. The van der Waals surface area contributed by atoms with Crippen molar-refractivity contribution in [3.05, 3.63) is 0 Å². The molecule has 0 amide bonds. The molecule has 94 valence electrons. The number of hydrogen-bond donors (Lipinski definition) is 2. The van der Waals surface area contributed by atoms with Crippen molar-refractivity contribution in [2.45, 2.75) is 63.7 Å². The van der Waals surface area contributed by atoms with Crippen molar-refractivity contribution in [1.29, 1.82) is 0 Å². The minimum absolute atomic E-state index is 0.391. The number of aliphatic hydroxyl groups is 1. The highest BCUT2D eigenvalue weighted by Crippen LogP contribution is 2.31. The summed E-state index contributed by atoms with van der Waals surface area (Å²) < 4.78 is 5.74. The van der Waals surface area contributed by atoms with E-state index in [0.717, 1.165) is 38.8 Å². The van der Waals surface area contributed by atoms with E-state index >= 15 is 0 Å². The Balaban J connectivity index is 1.72. The van der Waals surface area contributed by atoms with Crippen LogP contribution in [-0.4, -0.2) is 36.0 Å². The second kappa shape index (κ2) is 5.03. The highest BCUT2D eigenvalue weighted by molar-refractivity contribution is 4.91. The maximum absolute atomic E-state index is 10.0. The van der Waals surface area contributed by atoms with Crippen molar-refractivity contribution in [2.24, 2.45) is 5.92 Å². The molecule has 2 unspecified atom stereocenters. The van der Waals surface area contributed by atoms with E-state index in [1.165, 1.54) is 6.42 Å². The van der Waals surface area contributed by atoms with E-state index < -0.39 is 5.60 Å². The molecule has 1 saturated carbocycles. The molecule has 0 radical (unpaired) electrons. The molecule has 0 bridgehead atoms. The molecular formula is C13H25NO2. The second-order valence-electron chi connectivity index (χ2n) is 5.83. The van der Waals surface area contributed by atoms with Crippen molar-refractivity contribution >= 4 is 0 Å². The van der Waals surface area contributed by atoms with E-state index in [1.54, 1.807) is 0 Å². The van der Waals surface area contributed by atoms with Crippen molar-refractivity contribution in [3.63, 3.8) is 0 Å². The van der Waals surface area contributed by atoms with Crippen LogP contribution in [0.2, 0.25) is 0 Å². The fourth-order valence-corrected chi connectivity index (χ4v) is 2.57. The number of ether oxygens (including phenoxy) is 1. The summed E-state index contributed by atoms with van der Waals surface area (Å²) in [6, 6.07) is 0.533. The van der Waals surface area contributed by atoms with Crippen LogP contribution >= 0.6 is 0 Å². The van der Waals surface area contributed by atoms with Gasteiger partial charge in [0.1, 0.15) is 0 Å². The first kappa shape index (κ1) is 12.3. The average Bonchev–Trinajstić information content (AvgIpc) is 2.24. The van der Waals surface area contributed by atoms with Crippen LogP contribution in [0.5, 0.6) is 0 Å². The van der Waals surface area contributed by atoms with Gasteiger partial charge in [0.2, 0.25) is 0 Å². The molecule has 3 heteroatoms. The van der Waals surface area contributed by atoms with E-state index in [-0.39, 0.29) is 0 Å². The molecule has 2 fully saturated rings. The van der Waals surface area contributed by atoms with Gasteiger partial charge in [0.05, 0.1) is 11.7 Å². The van der Waals surface area contributed by atoms with E-state index in [0.29, 0.717) is 18.1 Å². The molecule has 2 N–H and O–H groups in total. The average molecular weight is 227 g/mol. The third-order valence-corrected chi connectivity index (χ3v) is 4.06. The predicted molar refractivity (Wildman–Crippen MR) is 64.4 cm³/mol. The smallest absolute Gasteiger partial charge is 0.0771 e. The number of nitrogens with one attached hydrogen (secondary N) is 1. The van der Waals surface area contributed by atoms with E-state index in [1.807, 2.05) is 0 Å². The van der Waals surface area contributed by atoms with Crippen LogP contribution in [0.15, 0.2) is 0 Å². The lowest BCUT2D eigenvalue weighted by molar-refractivity contribution is -0.0493. The maximum Gasteiger partial charge on any atom is 0.0771 e. The van der Waals surface area contributed by atoms with Crippen LogP contribution in [0.1, 0.15) is 46.0 Å². The van der Waals surface area contributed by atoms with E-state index in [9.17, 15) is 5.11 Å². The number of rotatable bonds is 4. The molecule has 0 aromatic rings. The first-order valence-corrected chi connectivity index (χ1v) is 6.66. The normalized spacial score (nSPS) is 33.8. The second-order valence-corrected chi connectivity index (χ2v) is 5.83. The van der Waals surface area contributed by atoms with Gasteiger partial charge in [-0.15, -0.1) is 0 Å². The molecular weight excluding hydrogens is 202 g/mol. The Kier molecular flexibility index (Phi) is 3.88. The van der Waals surface area contributed by atoms with Gasteiger partial charge in [0.25, 0.3) is 0 Å². The van der Waals surface area contributed by atoms with E-state index in [2.05, 4.69) is 19.2 Å². The Labute approximate surface area is 98.6 Å². The first-order valence-electron chi connectivity index (χ1n) is 6.66. The Morgan fingerprint density at radius 3 is 2.75 bits per heavy atom. The van der Waals surface area contributed by atoms with Crippen LogP contribution in [0, 0.1) is 5.92 Å². The molecule has 2 aliphatic rings. The Bertz CT molecular complexity index is 226. The molecule has 1 saturated heterocycles. The SMILES string of the molecule is CC(C)C1CC(NCC2(O)CCC2)CCO1. The molecule has 0 aromatic heterocycles. The van der Waals surface area contributed by atoms with E-state index in [4.69, 9.17) is 4.74 Å². The first-order chi connectivity index (χ1) is 7.59. The lowest BCUT2D eigenvalue weighted by Crippen LogP contribution is -2.51. The molecule has 2 atom stereocenters. The molecule has 1 aliphatic carbocycles. The van der Waals surface area contributed by atoms with Gasteiger partial charge in [0, 0.05) is 19.2 Å². The zero-order chi connectivity index (χ0) is 11.6. The van der Waals surface area contributed by atoms with Crippen molar-refractivity contribution in [3.8, 4) is 0 Å². The van der Waals surface area contributed by atoms with Crippen molar-refractivity contribution in [2.75, 3.05) is 13.2 Å². The summed E-state index contributed by atoms with van der Waals surface area (Å²) >= 11 is 0. The van der Waals surface area contributed by atoms with Crippen LogP contribution < -0.4 is 5.32 Å². The standard InChI is InChI=1S/C13H25NO2/c1-10(2)12-8-11(4-7-16-12)14-9-13(15)5-3-6-13/h10-12,14-15H,3-9H2,1-2H3. The summed E-state index contributed by atoms with van der Waals surface area (Å²) in [4.78, 5) is 0. The summed E-state index contributed by atoms with van der Waals surface area (Å²) in [7, 11) is 0. The van der Waals surface area contributed by atoms with Gasteiger partial charge in [0.15, 0.2) is 0 Å². The third kappa shape index (κ3) is 2.96. The lowest BCUT2D eigenvalue weighted by Gasteiger charge is -2.39. The van der Waals surface area contributed by atoms with Crippen LogP contribution in [0.3, 0.4) is 0 Å². The molecule has 3 nitrogen and oxygen atoms in total. The third-order valence-electron chi connectivity index (χ3n) is 4.06. The molecule has 16 heavy (non-hydrogen) atoms. The summed E-state index contributed by atoms with van der Waals surface area (Å²) in [5, 5.41) is 13.5. The van der Waals surface area contributed by atoms with Gasteiger partial charge < -0.3 is 15.2 Å². The van der Waals surface area contributed by atoms with Crippen LogP contribution in [-0.2, 0) is 4.74 Å². The Morgan fingerprint density at radius 1 is 1.44 bits per heavy atom. The van der Waals surface area contributed by atoms with Crippen LogP contribution in [0.25, 0.3) is 0 Å². The fraction of sp³-hybridized carbons (Fsp3) is 1.00. The van der Waals surface area contributed by atoms with Gasteiger partial charge in [-0.05, 0) is 38.0 Å². The molecule has 0 aromatic carbocycles. The Hall–Kier alpha value is -0.120. The topological polar surface area (TPSA) is 41.5 Å².